The molecule has 2 saturated heterocycles. The summed E-state index contributed by atoms with van der Waals surface area (Å²) in [5, 5.41) is 3.02. The highest BCUT2D eigenvalue weighted by molar-refractivity contribution is 5.94. The second kappa shape index (κ2) is 9.72. The monoisotopic (exact) mass is 400 g/mol. The molecule has 0 radical (unpaired) electrons. The normalized spacial score (nSPS) is 24.9. The number of carbonyl (C=O) groups excluding carboxylic acids is 2. The molecule has 6 nitrogen and oxygen atoms in total. The zero-order valence-corrected chi connectivity index (χ0v) is 18.4. The Morgan fingerprint density at radius 2 is 1.76 bits per heavy atom. The molecule has 0 spiro atoms. The topological polar surface area (TPSA) is 55.9 Å². The van der Waals surface area contributed by atoms with E-state index >= 15 is 0 Å². The van der Waals surface area contributed by atoms with E-state index in [9.17, 15) is 9.59 Å². The van der Waals surface area contributed by atoms with Gasteiger partial charge in [0.15, 0.2) is 0 Å². The predicted molar refractivity (Wildman–Crippen MR) is 117 cm³/mol. The molecule has 3 atom stereocenters. The molecule has 1 N–H and O–H groups in total. The number of aryl methyl sites for hydroxylation is 1. The lowest BCUT2D eigenvalue weighted by atomic mass is 9.92. The summed E-state index contributed by atoms with van der Waals surface area (Å²) in [6.45, 7) is 14.0. The molecule has 0 saturated carbocycles. The third-order valence-corrected chi connectivity index (χ3v) is 6.20. The first-order valence-electron chi connectivity index (χ1n) is 10.9. The zero-order chi connectivity index (χ0) is 21.0. The lowest BCUT2D eigenvalue weighted by Crippen LogP contribution is -2.55. The van der Waals surface area contributed by atoms with Crippen LogP contribution in [0.2, 0.25) is 0 Å². The third kappa shape index (κ3) is 6.03. The van der Waals surface area contributed by atoms with Crippen molar-refractivity contribution in [1.82, 2.24) is 14.7 Å². The molecular weight excluding hydrogens is 364 g/mol. The molecule has 29 heavy (non-hydrogen) atoms. The van der Waals surface area contributed by atoms with Gasteiger partial charge in [-0.15, -0.1) is 0 Å². The fourth-order valence-corrected chi connectivity index (χ4v) is 4.60. The van der Waals surface area contributed by atoms with Crippen LogP contribution in [0.15, 0.2) is 24.3 Å². The Hall–Kier alpha value is -1.92. The van der Waals surface area contributed by atoms with Crippen molar-refractivity contribution in [2.45, 2.75) is 40.2 Å². The summed E-state index contributed by atoms with van der Waals surface area (Å²) in [6.07, 6.45) is 1.21. The number of hydrogen-bond acceptors (Lipinski definition) is 4. The maximum Gasteiger partial charge on any atom is 0.241 e. The molecule has 1 aromatic carbocycles. The molecule has 160 valence electrons. The van der Waals surface area contributed by atoms with E-state index in [1.54, 1.807) is 0 Å². The van der Waals surface area contributed by atoms with Crippen molar-refractivity contribution in [3.05, 3.63) is 29.8 Å². The van der Waals surface area contributed by atoms with Gasteiger partial charge in [-0.1, -0.05) is 26.0 Å². The summed E-state index contributed by atoms with van der Waals surface area (Å²) in [6, 6.07) is 7.69. The maximum absolute atomic E-state index is 12.7. The van der Waals surface area contributed by atoms with Crippen LogP contribution < -0.4 is 5.32 Å². The lowest BCUT2D eigenvalue weighted by Gasteiger charge is -2.39. The minimum absolute atomic E-state index is 0.0245. The van der Waals surface area contributed by atoms with E-state index in [1.807, 2.05) is 43.0 Å². The number of nitrogens with zero attached hydrogens (tertiary/aromatic N) is 3. The van der Waals surface area contributed by atoms with Crippen LogP contribution >= 0.6 is 0 Å². The molecule has 2 fully saturated rings. The largest absolute Gasteiger partial charge is 0.341 e. The number of piperazine rings is 1. The first kappa shape index (κ1) is 21.8. The van der Waals surface area contributed by atoms with Gasteiger partial charge < -0.3 is 10.2 Å². The molecule has 1 aromatic rings. The standard InChI is InChI=1S/C23H36N4O2/c1-17-6-5-7-21(13-17)24-23(29)20(4)26-10-8-25(9-11-26)16-22(28)27-14-18(2)12-19(3)15-27/h5-7,13,18-20H,8-12,14-16H2,1-4H3,(H,24,29)/t18-,19-,20+/m1/s1. The van der Waals surface area contributed by atoms with Crippen molar-refractivity contribution < 1.29 is 9.59 Å². The minimum atomic E-state index is -0.183. The molecule has 6 heteroatoms. The Labute approximate surface area is 175 Å². The Morgan fingerprint density at radius 3 is 2.38 bits per heavy atom. The number of piperidine rings is 1. The summed E-state index contributed by atoms with van der Waals surface area (Å²) in [5.74, 6) is 1.46. The minimum Gasteiger partial charge on any atom is -0.341 e. The molecule has 2 amide bonds. The van der Waals surface area contributed by atoms with Gasteiger partial charge in [-0.05, 0) is 49.8 Å². The van der Waals surface area contributed by atoms with Gasteiger partial charge in [-0.25, -0.2) is 0 Å². The fourth-order valence-electron chi connectivity index (χ4n) is 4.60. The average molecular weight is 401 g/mol. The van der Waals surface area contributed by atoms with Crippen molar-refractivity contribution >= 4 is 17.5 Å². The summed E-state index contributed by atoms with van der Waals surface area (Å²) in [4.78, 5) is 31.8. The quantitative estimate of drug-likeness (QED) is 0.825. The van der Waals surface area contributed by atoms with Crippen LogP contribution in [0.5, 0.6) is 0 Å². The van der Waals surface area contributed by atoms with Crippen molar-refractivity contribution in [1.29, 1.82) is 0 Å². The summed E-state index contributed by atoms with van der Waals surface area (Å²) < 4.78 is 0. The number of carbonyl (C=O) groups is 2. The second-order valence-corrected chi connectivity index (χ2v) is 9.09. The highest BCUT2D eigenvalue weighted by Gasteiger charge is 2.29. The fraction of sp³-hybridized carbons (Fsp3) is 0.652. The van der Waals surface area contributed by atoms with Crippen LogP contribution in [0, 0.1) is 18.8 Å². The van der Waals surface area contributed by atoms with E-state index in [4.69, 9.17) is 0 Å². The van der Waals surface area contributed by atoms with Crippen molar-refractivity contribution in [2.75, 3.05) is 51.1 Å². The van der Waals surface area contributed by atoms with Gasteiger partial charge in [0.05, 0.1) is 12.6 Å². The SMILES string of the molecule is Cc1cccc(NC(=O)[C@H](C)N2CCN(CC(=O)N3C[C@H](C)C[C@@H](C)C3)CC2)c1. The van der Waals surface area contributed by atoms with E-state index in [-0.39, 0.29) is 17.9 Å². The number of rotatable bonds is 5. The van der Waals surface area contributed by atoms with Crippen molar-refractivity contribution in [3.63, 3.8) is 0 Å². The van der Waals surface area contributed by atoms with Crippen LogP contribution in [-0.2, 0) is 9.59 Å². The van der Waals surface area contributed by atoms with Crippen LogP contribution in [0.4, 0.5) is 5.69 Å². The van der Waals surface area contributed by atoms with Gasteiger partial charge in [0.25, 0.3) is 0 Å². The summed E-state index contributed by atoms with van der Waals surface area (Å²) >= 11 is 0. The van der Waals surface area contributed by atoms with Crippen molar-refractivity contribution in [2.24, 2.45) is 11.8 Å². The average Bonchev–Trinajstić information content (AvgIpc) is 2.67. The summed E-state index contributed by atoms with van der Waals surface area (Å²) in [5.41, 5.74) is 1.97. The van der Waals surface area contributed by atoms with E-state index in [2.05, 4.69) is 29.0 Å². The smallest absolute Gasteiger partial charge is 0.241 e. The molecule has 2 aliphatic heterocycles. The maximum atomic E-state index is 12.7. The first-order valence-corrected chi connectivity index (χ1v) is 10.9. The highest BCUT2D eigenvalue weighted by Crippen LogP contribution is 2.21. The Bertz CT molecular complexity index is 705. The Morgan fingerprint density at radius 1 is 1.10 bits per heavy atom. The molecular formula is C23H36N4O2. The van der Waals surface area contributed by atoms with Gasteiger partial charge in [0.2, 0.25) is 11.8 Å². The predicted octanol–water partition coefficient (Wildman–Crippen LogP) is 2.44. The zero-order valence-electron chi connectivity index (χ0n) is 18.4. The van der Waals surface area contributed by atoms with Crippen molar-refractivity contribution in [3.8, 4) is 0 Å². The molecule has 2 heterocycles. The Kier molecular flexibility index (Phi) is 7.30. The number of benzene rings is 1. The molecule has 0 aromatic heterocycles. The molecule has 0 aliphatic carbocycles. The number of nitrogens with one attached hydrogen (secondary N) is 1. The van der Waals surface area contributed by atoms with E-state index in [0.717, 1.165) is 50.5 Å². The van der Waals surface area contributed by atoms with Gasteiger partial charge in [0, 0.05) is 45.0 Å². The molecule has 0 unspecified atom stereocenters. The van der Waals surface area contributed by atoms with Crippen LogP contribution in [-0.4, -0.2) is 78.4 Å². The number of likely N-dealkylation sites (tertiary alicyclic amines) is 1. The summed E-state index contributed by atoms with van der Waals surface area (Å²) in [7, 11) is 0. The molecule has 0 bridgehead atoms. The van der Waals surface area contributed by atoms with Gasteiger partial charge in [0.1, 0.15) is 0 Å². The van der Waals surface area contributed by atoms with Gasteiger partial charge >= 0.3 is 0 Å². The first-order chi connectivity index (χ1) is 13.8. The van der Waals surface area contributed by atoms with Crippen LogP contribution in [0.1, 0.15) is 32.8 Å². The van der Waals surface area contributed by atoms with E-state index in [1.165, 1.54) is 6.42 Å². The van der Waals surface area contributed by atoms with Gasteiger partial charge in [-0.3, -0.25) is 19.4 Å². The highest BCUT2D eigenvalue weighted by atomic mass is 16.2. The van der Waals surface area contributed by atoms with Crippen LogP contribution in [0.25, 0.3) is 0 Å². The molecule has 3 rings (SSSR count). The lowest BCUT2D eigenvalue weighted by molar-refractivity contribution is -0.136. The van der Waals surface area contributed by atoms with Gasteiger partial charge in [-0.2, -0.15) is 0 Å². The number of hydrogen-bond donors (Lipinski definition) is 1. The van der Waals surface area contributed by atoms with Crippen LogP contribution in [0.3, 0.4) is 0 Å². The number of amides is 2. The molecule has 2 aliphatic rings. The Balaban J connectivity index is 1.44. The third-order valence-electron chi connectivity index (χ3n) is 6.20. The second-order valence-electron chi connectivity index (χ2n) is 9.09. The van der Waals surface area contributed by atoms with E-state index < -0.39 is 0 Å². The van der Waals surface area contributed by atoms with E-state index in [0.29, 0.717) is 18.4 Å². The number of anilines is 1.